The van der Waals surface area contributed by atoms with Gasteiger partial charge in [-0.3, -0.25) is 0 Å². The number of rotatable bonds is 4. The third-order valence-electron chi connectivity index (χ3n) is 2.89. The molecule has 2 rings (SSSR count). The van der Waals surface area contributed by atoms with E-state index in [9.17, 15) is 0 Å². The van der Waals surface area contributed by atoms with E-state index >= 15 is 0 Å². The van der Waals surface area contributed by atoms with E-state index in [0.29, 0.717) is 12.1 Å². The Morgan fingerprint density at radius 1 is 1.06 bits per heavy atom. The summed E-state index contributed by atoms with van der Waals surface area (Å²) >= 11 is 11.0. The average molecular weight is 345 g/mol. The minimum atomic E-state index is 0.307. The van der Waals surface area contributed by atoms with E-state index in [-0.39, 0.29) is 0 Å². The van der Waals surface area contributed by atoms with Gasteiger partial charge < -0.3 is 5.32 Å². The number of thiophene rings is 1. The summed E-state index contributed by atoms with van der Waals surface area (Å²) in [7, 11) is 0. The summed E-state index contributed by atoms with van der Waals surface area (Å²) in [5.74, 6) is 0. The quantitative estimate of drug-likeness (QED) is 0.764. The number of benzene rings is 1. The lowest BCUT2D eigenvalue weighted by molar-refractivity contribution is 0.500. The van der Waals surface area contributed by atoms with Crippen molar-refractivity contribution in [1.29, 1.82) is 0 Å². The predicted octanol–water partition coefficient (Wildman–Crippen LogP) is 5.58. The van der Waals surface area contributed by atoms with Gasteiger partial charge in [0, 0.05) is 21.4 Å². The standard InChI is InChI=1S/C14H15BrClNS/c1-9(11-3-5-12(15)6-4-11)17-10(2)13-7-8-14(16)18-13/h3-10,17H,1-2H3/t9-,10?/m1/s1. The summed E-state index contributed by atoms with van der Waals surface area (Å²) in [6.45, 7) is 4.34. The minimum Gasteiger partial charge on any atom is -0.303 e. The molecule has 1 aromatic carbocycles. The highest BCUT2D eigenvalue weighted by molar-refractivity contribution is 9.10. The van der Waals surface area contributed by atoms with Crippen LogP contribution in [-0.4, -0.2) is 0 Å². The van der Waals surface area contributed by atoms with E-state index in [1.165, 1.54) is 10.4 Å². The summed E-state index contributed by atoms with van der Waals surface area (Å²) in [6, 6.07) is 13.1. The Morgan fingerprint density at radius 2 is 1.72 bits per heavy atom. The zero-order chi connectivity index (χ0) is 13.1. The number of hydrogen-bond acceptors (Lipinski definition) is 2. The van der Waals surface area contributed by atoms with E-state index in [2.05, 4.69) is 65.4 Å². The highest BCUT2D eigenvalue weighted by Crippen LogP contribution is 2.28. The minimum absolute atomic E-state index is 0.307. The van der Waals surface area contributed by atoms with Crippen LogP contribution in [0.2, 0.25) is 4.34 Å². The van der Waals surface area contributed by atoms with Crippen molar-refractivity contribution in [2.24, 2.45) is 0 Å². The average Bonchev–Trinajstić information content (AvgIpc) is 2.76. The molecule has 0 spiro atoms. The molecule has 1 N–H and O–H groups in total. The molecule has 1 nitrogen and oxygen atoms in total. The van der Waals surface area contributed by atoms with E-state index in [4.69, 9.17) is 11.6 Å². The molecule has 0 aliphatic carbocycles. The predicted molar refractivity (Wildman–Crippen MR) is 83.4 cm³/mol. The maximum atomic E-state index is 5.96. The molecule has 2 aromatic rings. The van der Waals surface area contributed by atoms with Crippen LogP contribution < -0.4 is 5.32 Å². The van der Waals surface area contributed by atoms with E-state index in [1.54, 1.807) is 11.3 Å². The molecule has 0 aliphatic rings. The van der Waals surface area contributed by atoms with Crippen LogP contribution in [0, 0.1) is 0 Å². The lowest BCUT2D eigenvalue weighted by atomic mass is 10.1. The van der Waals surface area contributed by atoms with Crippen LogP contribution in [0.5, 0.6) is 0 Å². The highest BCUT2D eigenvalue weighted by atomic mass is 79.9. The van der Waals surface area contributed by atoms with Gasteiger partial charge in [-0.25, -0.2) is 0 Å². The Kier molecular flexibility index (Phi) is 4.84. The van der Waals surface area contributed by atoms with Crippen LogP contribution in [0.4, 0.5) is 0 Å². The van der Waals surface area contributed by atoms with Crippen molar-refractivity contribution in [1.82, 2.24) is 5.32 Å². The van der Waals surface area contributed by atoms with Gasteiger partial charge >= 0.3 is 0 Å². The second-order valence-electron chi connectivity index (χ2n) is 4.30. The van der Waals surface area contributed by atoms with Gasteiger partial charge in [-0.05, 0) is 43.7 Å². The lowest BCUT2D eigenvalue weighted by Crippen LogP contribution is -2.21. The first kappa shape index (κ1) is 14.1. The van der Waals surface area contributed by atoms with Crippen molar-refractivity contribution in [2.75, 3.05) is 0 Å². The Hall–Kier alpha value is -0.350. The molecule has 18 heavy (non-hydrogen) atoms. The first-order valence-corrected chi connectivity index (χ1v) is 7.82. The smallest absolute Gasteiger partial charge is 0.0931 e. The van der Waals surface area contributed by atoms with Crippen molar-refractivity contribution in [3.8, 4) is 0 Å². The van der Waals surface area contributed by atoms with Crippen LogP contribution in [0.1, 0.15) is 36.4 Å². The molecule has 1 unspecified atom stereocenters. The summed E-state index contributed by atoms with van der Waals surface area (Å²) in [5, 5.41) is 3.58. The van der Waals surface area contributed by atoms with Crippen LogP contribution in [0.15, 0.2) is 40.9 Å². The summed E-state index contributed by atoms with van der Waals surface area (Å²) in [4.78, 5) is 1.27. The zero-order valence-electron chi connectivity index (χ0n) is 10.3. The second kappa shape index (κ2) is 6.20. The fourth-order valence-corrected chi connectivity index (χ4v) is 3.20. The molecule has 0 amide bonds. The molecule has 4 heteroatoms. The zero-order valence-corrected chi connectivity index (χ0v) is 13.4. The lowest BCUT2D eigenvalue weighted by Gasteiger charge is -2.19. The fourth-order valence-electron chi connectivity index (χ4n) is 1.87. The summed E-state index contributed by atoms with van der Waals surface area (Å²) in [5.41, 5.74) is 1.28. The molecular formula is C14H15BrClNS. The van der Waals surface area contributed by atoms with Crippen molar-refractivity contribution in [3.05, 3.63) is 55.6 Å². The van der Waals surface area contributed by atoms with Crippen molar-refractivity contribution >= 4 is 38.9 Å². The molecular weight excluding hydrogens is 330 g/mol. The molecule has 2 atom stereocenters. The van der Waals surface area contributed by atoms with Crippen LogP contribution in [0.3, 0.4) is 0 Å². The van der Waals surface area contributed by atoms with Gasteiger partial charge in [0.05, 0.1) is 4.34 Å². The Morgan fingerprint density at radius 3 is 2.28 bits per heavy atom. The fraction of sp³-hybridized carbons (Fsp3) is 0.286. The largest absolute Gasteiger partial charge is 0.303 e. The van der Waals surface area contributed by atoms with Gasteiger partial charge in [0.15, 0.2) is 0 Å². The maximum Gasteiger partial charge on any atom is 0.0931 e. The highest BCUT2D eigenvalue weighted by Gasteiger charge is 2.12. The van der Waals surface area contributed by atoms with Crippen molar-refractivity contribution < 1.29 is 0 Å². The maximum absolute atomic E-state index is 5.96. The molecule has 0 aliphatic heterocycles. The van der Waals surface area contributed by atoms with E-state index < -0.39 is 0 Å². The Balaban J connectivity index is 2.02. The van der Waals surface area contributed by atoms with Crippen LogP contribution in [0.25, 0.3) is 0 Å². The topological polar surface area (TPSA) is 12.0 Å². The molecule has 0 fully saturated rings. The molecule has 1 heterocycles. The number of halogens is 2. The number of hydrogen-bond donors (Lipinski definition) is 1. The molecule has 1 aromatic heterocycles. The van der Waals surface area contributed by atoms with Gasteiger partial charge in [0.1, 0.15) is 0 Å². The molecule has 0 saturated carbocycles. The van der Waals surface area contributed by atoms with E-state index in [0.717, 1.165) is 8.81 Å². The normalized spacial score (nSPS) is 14.4. The first-order valence-electron chi connectivity index (χ1n) is 5.83. The third kappa shape index (κ3) is 3.58. The molecule has 96 valence electrons. The summed E-state index contributed by atoms with van der Waals surface area (Å²) in [6.07, 6.45) is 0. The molecule has 0 saturated heterocycles. The van der Waals surface area contributed by atoms with Gasteiger partial charge in [0.25, 0.3) is 0 Å². The number of nitrogens with one attached hydrogen (secondary N) is 1. The monoisotopic (exact) mass is 343 g/mol. The van der Waals surface area contributed by atoms with Crippen LogP contribution >= 0.6 is 38.9 Å². The van der Waals surface area contributed by atoms with Gasteiger partial charge in [-0.2, -0.15) is 0 Å². The summed E-state index contributed by atoms with van der Waals surface area (Å²) < 4.78 is 1.95. The van der Waals surface area contributed by atoms with Gasteiger partial charge in [-0.1, -0.05) is 39.7 Å². The van der Waals surface area contributed by atoms with Crippen LogP contribution in [-0.2, 0) is 0 Å². The van der Waals surface area contributed by atoms with Gasteiger partial charge in [0.2, 0.25) is 0 Å². The first-order chi connectivity index (χ1) is 8.56. The van der Waals surface area contributed by atoms with Crippen molar-refractivity contribution in [2.45, 2.75) is 25.9 Å². The molecule has 0 radical (unpaired) electrons. The Labute approximate surface area is 125 Å². The van der Waals surface area contributed by atoms with Gasteiger partial charge in [-0.15, -0.1) is 11.3 Å². The SMILES string of the molecule is CC(N[C@H](C)c1ccc(Br)cc1)c1ccc(Cl)s1. The Bertz CT molecular complexity index is 509. The van der Waals surface area contributed by atoms with E-state index in [1.807, 2.05) is 6.07 Å². The third-order valence-corrected chi connectivity index (χ3v) is 4.83. The van der Waals surface area contributed by atoms with Crippen molar-refractivity contribution in [3.63, 3.8) is 0 Å². The second-order valence-corrected chi connectivity index (χ2v) is 6.97. The molecule has 0 bridgehead atoms.